The first kappa shape index (κ1) is 34.7. The van der Waals surface area contributed by atoms with Gasteiger partial charge in [0.1, 0.15) is 17.5 Å². The average molecular weight is 568 g/mol. The molecule has 0 aliphatic carbocycles. The molecule has 0 aromatic heterocycles. The first-order chi connectivity index (χ1) is 19.8. The second kappa shape index (κ2) is 18.1. The van der Waals surface area contributed by atoms with E-state index in [4.69, 9.17) is 0 Å². The molecule has 0 unspecified atom stereocenters. The third-order valence-corrected chi connectivity index (χ3v) is 8.54. The van der Waals surface area contributed by atoms with Crippen molar-refractivity contribution in [2.24, 2.45) is 0 Å². The molecule has 0 atom stereocenters. The number of halogens is 3. The van der Waals surface area contributed by atoms with Crippen LogP contribution in [0.3, 0.4) is 0 Å². The lowest BCUT2D eigenvalue weighted by Crippen LogP contribution is -2.67. The Bertz CT molecular complexity index is 1010. The Balaban J connectivity index is 0.000000383. The minimum atomic E-state index is -1.71. The fourth-order valence-electron chi connectivity index (χ4n) is 6.96. The molecular formula is C36H53BF3N. The zero-order valence-corrected chi connectivity index (χ0v) is 26.3. The summed E-state index contributed by atoms with van der Waals surface area (Å²) in [6.45, 7) is 16.9. The van der Waals surface area contributed by atoms with Crippen LogP contribution in [-0.4, -0.2) is 36.8 Å². The zero-order chi connectivity index (χ0) is 30.1. The number of unbranched alkanes of at least 4 members (excludes halogenated alkanes) is 3. The van der Waals surface area contributed by atoms with E-state index in [2.05, 4.69) is 34.6 Å². The molecule has 0 aliphatic heterocycles. The average Bonchev–Trinajstić information content (AvgIpc) is 2.94. The van der Waals surface area contributed by atoms with Crippen molar-refractivity contribution in [1.82, 2.24) is 0 Å². The monoisotopic (exact) mass is 567 g/mol. The number of quaternary nitrogens is 1. The molecule has 3 rings (SSSR count). The van der Waals surface area contributed by atoms with Crippen LogP contribution in [0.4, 0.5) is 13.2 Å². The molecule has 0 fully saturated rings. The maximum Gasteiger partial charge on any atom is 0.120 e. The Morgan fingerprint density at radius 3 is 1.15 bits per heavy atom. The number of rotatable bonds is 16. The minimum absolute atomic E-state index is 0.342. The van der Waals surface area contributed by atoms with E-state index < -0.39 is 6.15 Å². The maximum atomic E-state index is 14.2. The Hall–Kier alpha value is -2.53. The Labute approximate surface area is 248 Å². The van der Waals surface area contributed by atoms with E-state index >= 15 is 0 Å². The van der Waals surface area contributed by atoms with Crippen molar-refractivity contribution in [3.63, 3.8) is 0 Å². The predicted octanol–water partition coefficient (Wildman–Crippen LogP) is 8.60. The summed E-state index contributed by atoms with van der Waals surface area (Å²) in [5.41, 5.74) is 2.31. The summed E-state index contributed by atoms with van der Waals surface area (Å²) in [6.07, 6.45) is 8.46. The molecular weight excluding hydrogens is 514 g/mol. The number of benzene rings is 3. The van der Waals surface area contributed by atoms with E-state index in [1.165, 1.54) is 92.7 Å². The van der Waals surface area contributed by atoms with Crippen LogP contribution in [0.1, 0.15) is 86.0 Å². The van der Waals surface area contributed by atoms with Gasteiger partial charge in [0, 0.05) is 0 Å². The van der Waals surface area contributed by atoms with Crippen LogP contribution >= 0.6 is 0 Å². The van der Waals surface area contributed by atoms with Gasteiger partial charge in [-0.3, -0.25) is 0 Å². The summed E-state index contributed by atoms with van der Waals surface area (Å²) in [5, 5.41) is 0. The van der Waals surface area contributed by atoms with Gasteiger partial charge in [-0.25, -0.2) is 13.2 Å². The molecule has 5 heteroatoms. The standard InChI is InChI=1S/C24H25BF3.C12H28N/c1-2-3-4-5-15-25(19-9-6-12-22(26)16-19,20-10-7-13-23(27)17-20)21-11-8-14-24(28)18-21;1-5-9-13(10-6-2,11-7-3)12-8-4/h6-14,16-18H,2-5,15H2,1H3;5-12H2,1-4H3/q-1;+1. The van der Waals surface area contributed by atoms with Gasteiger partial charge in [0.2, 0.25) is 0 Å². The highest BCUT2D eigenvalue weighted by Crippen LogP contribution is 2.19. The number of hydrogen-bond donors (Lipinski definition) is 0. The molecule has 0 spiro atoms. The van der Waals surface area contributed by atoms with Crippen molar-refractivity contribution in [3.8, 4) is 0 Å². The molecule has 226 valence electrons. The van der Waals surface area contributed by atoms with Crippen molar-refractivity contribution in [3.05, 3.63) is 90.2 Å². The summed E-state index contributed by atoms with van der Waals surface area (Å²) in [5.74, 6) is -1.03. The molecule has 3 aromatic rings. The van der Waals surface area contributed by atoms with Gasteiger partial charge < -0.3 is 4.48 Å². The van der Waals surface area contributed by atoms with E-state index in [-0.39, 0.29) is 17.5 Å². The van der Waals surface area contributed by atoms with Gasteiger partial charge in [-0.05, 0) is 43.9 Å². The molecule has 0 saturated carbocycles. The highest BCUT2D eigenvalue weighted by molar-refractivity contribution is 7.11. The van der Waals surface area contributed by atoms with E-state index in [9.17, 15) is 13.2 Å². The molecule has 0 amide bonds. The number of nitrogens with zero attached hydrogens (tertiary/aromatic N) is 1. The lowest BCUT2D eigenvalue weighted by atomic mass is 9.14. The van der Waals surface area contributed by atoms with Crippen molar-refractivity contribution in [2.75, 3.05) is 26.2 Å². The van der Waals surface area contributed by atoms with Gasteiger partial charge in [-0.1, -0.05) is 115 Å². The largest absolute Gasteiger partial charge is 0.324 e. The van der Waals surface area contributed by atoms with Gasteiger partial charge in [0.15, 0.2) is 0 Å². The summed E-state index contributed by atoms with van der Waals surface area (Å²) in [6, 6.07) is 19.4. The molecule has 0 bridgehead atoms. The quantitative estimate of drug-likeness (QED) is 0.0924. The Kier molecular flexibility index (Phi) is 15.3. The second-order valence-electron chi connectivity index (χ2n) is 11.8. The van der Waals surface area contributed by atoms with Crippen LogP contribution in [0, 0.1) is 17.5 Å². The third kappa shape index (κ3) is 10.1. The molecule has 1 nitrogen and oxygen atoms in total. The van der Waals surface area contributed by atoms with E-state index in [0.29, 0.717) is 6.32 Å². The van der Waals surface area contributed by atoms with Crippen molar-refractivity contribution < 1.29 is 17.7 Å². The molecule has 0 aliphatic rings. The molecule has 0 heterocycles. The van der Waals surface area contributed by atoms with Gasteiger partial charge in [0.05, 0.1) is 32.3 Å². The highest BCUT2D eigenvalue weighted by Gasteiger charge is 2.30. The lowest BCUT2D eigenvalue weighted by molar-refractivity contribution is -0.928. The topological polar surface area (TPSA) is 0 Å². The number of hydrogen-bond acceptors (Lipinski definition) is 0. The predicted molar refractivity (Wildman–Crippen MR) is 174 cm³/mol. The summed E-state index contributed by atoms with van der Waals surface area (Å²) < 4.78 is 44.0. The maximum absolute atomic E-state index is 14.2. The third-order valence-electron chi connectivity index (χ3n) is 8.54. The first-order valence-electron chi connectivity index (χ1n) is 16.1. The van der Waals surface area contributed by atoms with E-state index in [1.54, 1.807) is 18.2 Å². The summed E-state index contributed by atoms with van der Waals surface area (Å²) >= 11 is 0. The highest BCUT2D eigenvalue weighted by atomic mass is 19.1. The molecule has 0 N–H and O–H groups in total. The van der Waals surface area contributed by atoms with Gasteiger partial charge in [0.25, 0.3) is 0 Å². The summed E-state index contributed by atoms with van der Waals surface area (Å²) in [4.78, 5) is 0. The van der Waals surface area contributed by atoms with Gasteiger partial charge >= 0.3 is 0 Å². The molecule has 41 heavy (non-hydrogen) atoms. The van der Waals surface area contributed by atoms with Crippen molar-refractivity contribution >= 4 is 22.5 Å². The van der Waals surface area contributed by atoms with E-state index in [0.717, 1.165) is 42.1 Å². The van der Waals surface area contributed by atoms with Crippen molar-refractivity contribution in [1.29, 1.82) is 0 Å². The fourth-order valence-corrected chi connectivity index (χ4v) is 6.96. The SMILES string of the molecule is CCCCCC[B-](c1cccc(F)c1)(c1cccc(F)c1)c1cccc(F)c1.CCC[N+](CCC)(CCC)CCC. The van der Waals surface area contributed by atoms with Crippen LogP contribution in [0.2, 0.25) is 6.32 Å². The van der Waals surface area contributed by atoms with Crippen LogP contribution < -0.4 is 16.4 Å². The second-order valence-corrected chi connectivity index (χ2v) is 11.8. The molecule has 0 saturated heterocycles. The zero-order valence-electron chi connectivity index (χ0n) is 26.3. The van der Waals surface area contributed by atoms with Crippen LogP contribution in [0.15, 0.2) is 72.8 Å². The first-order valence-corrected chi connectivity index (χ1v) is 16.1. The van der Waals surface area contributed by atoms with Crippen molar-refractivity contribution in [2.45, 2.75) is 92.3 Å². The van der Waals surface area contributed by atoms with Gasteiger partial charge in [-0.2, -0.15) is 22.7 Å². The van der Waals surface area contributed by atoms with E-state index in [1.807, 2.05) is 18.2 Å². The lowest BCUT2D eigenvalue weighted by Gasteiger charge is -2.43. The Morgan fingerprint density at radius 2 is 0.854 bits per heavy atom. The van der Waals surface area contributed by atoms with Crippen LogP contribution in [0.25, 0.3) is 0 Å². The minimum Gasteiger partial charge on any atom is -0.324 e. The smallest absolute Gasteiger partial charge is 0.120 e. The van der Waals surface area contributed by atoms with Crippen LogP contribution in [-0.2, 0) is 0 Å². The summed E-state index contributed by atoms with van der Waals surface area (Å²) in [7, 11) is 0. The van der Waals surface area contributed by atoms with Crippen LogP contribution in [0.5, 0.6) is 0 Å². The van der Waals surface area contributed by atoms with Gasteiger partial charge in [-0.15, -0.1) is 0 Å². The molecule has 0 radical (unpaired) electrons. The fraction of sp³-hybridized carbons (Fsp3) is 0.500. The Morgan fingerprint density at radius 1 is 0.488 bits per heavy atom. The molecule has 3 aromatic carbocycles. The normalized spacial score (nSPS) is 11.7.